The third-order valence-electron chi connectivity index (χ3n) is 5.33. The molecule has 1 aromatic rings. The average Bonchev–Trinajstić information content (AvgIpc) is 2.89. The number of rotatable bonds is 22. The van der Waals surface area contributed by atoms with E-state index in [0.717, 1.165) is 22.6 Å². The quantitative estimate of drug-likeness (QED) is 0.0663. The molecule has 41 heavy (non-hydrogen) atoms. The largest absolute Gasteiger partial charge is 0.481 e. The van der Waals surface area contributed by atoms with E-state index >= 15 is 0 Å². The zero-order chi connectivity index (χ0) is 30.8. The van der Waals surface area contributed by atoms with Crippen molar-refractivity contribution in [2.45, 2.75) is 44.2 Å². The topological polar surface area (TPSA) is 231 Å². The van der Waals surface area contributed by atoms with Gasteiger partial charge >= 0.3 is 17.9 Å². The molecule has 0 saturated carbocycles. The molecule has 0 unspecified atom stereocenters. The Balaban J connectivity index is 2.89. The summed E-state index contributed by atoms with van der Waals surface area (Å²) in [6, 6.07) is 3.44. The molecule has 14 nitrogen and oxygen atoms in total. The molecular weight excluding hydrogens is 584 g/mol. The Hall–Kier alpha value is -3.92. The SMILES string of the molecule is O=CCc1ccc(CC(=O)N[C@@H](CC(=O)O)C(=O)C[C@@H](CC(=O)O)C(=O)N[C@@H](CSSCCOC=O)C(=O)O)cc1. The maximum Gasteiger partial charge on any atom is 0.327 e. The second-order valence-corrected chi connectivity index (χ2v) is 11.1. The number of amides is 2. The van der Waals surface area contributed by atoms with E-state index in [2.05, 4.69) is 15.4 Å². The van der Waals surface area contributed by atoms with Crippen LogP contribution in [-0.4, -0.2) is 93.8 Å². The monoisotopic (exact) mass is 614 g/mol. The van der Waals surface area contributed by atoms with Gasteiger partial charge in [0.05, 0.1) is 31.2 Å². The second-order valence-electron chi connectivity index (χ2n) is 8.52. The molecule has 0 aromatic heterocycles. The van der Waals surface area contributed by atoms with E-state index in [0.29, 0.717) is 11.3 Å². The summed E-state index contributed by atoms with van der Waals surface area (Å²) in [5.74, 6) is -8.29. The second kappa shape index (κ2) is 19.2. The maximum atomic E-state index is 13.0. The molecule has 0 aliphatic carbocycles. The van der Waals surface area contributed by atoms with Gasteiger partial charge in [0.1, 0.15) is 18.9 Å². The number of aldehydes is 1. The number of Topliss-reactive ketones (excluding diaryl/α,β-unsaturated/α-hetero) is 1. The molecule has 5 N–H and O–H groups in total. The van der Waals surface area contributed by atoms with Crippen molar-refractivity contribution in [3.8, 4) is 0 Å². The van der Waals surface area contributed by atoms with Crippen LogP contribution in [0.4, 0.5) is 0 Å². The Kier molecular flexibility index (Phi) is 16.4. The third kappa shape index (κ3) is 14.9. The van der Waals surface area contributed by atoms with E-state index in [1.807, 2.05) is 0 Å². The van der Waals surface area contributed by atoms with Crippen LogP contribution in [0.1, 0.15) is 30.4 Å². The third-order valence-corrected chi connectivity index (χ3v) is 7.71. The minimum atomic E-state index is -1.57. The first kappa shape index (κ1) is 35.1. The summed E-state index contributed by atoms with van der Waals surface area (Å²) in [7, 11) is 2.23. The smallest absolute Gasteiger partial charge is 0.327 e. The van der Waals surface area contributed by atoms with Gasteiger partial charge in [0.2, 0.25) is 11.8 Å². The van der Waals surface area contributed by atoms with Crippen LogP contribution in [0.5, 0.6) is 0 Å². The highest BCUT2D eigenvalue weighted by Crippen LogP contribution is 2.22. The summed E-state index contributed by atoms with van der Waals surface area (Å²) in [6.45, 7) is 0.355. The fourth-order valence-electron chi connectivity index (χ4n) is 3.36. The maximum absolute atomic E-state index is 13.0. The molecule has 3 atom stereocenters. The number of hydrogen-bond acceptors (Lipinski definition) is 11. The molecular formula is C25H30N2O12S2. The number of carboxylic acid groups (broad SMARTS) is 3. The predicted molar refractivity (Wildman–Crippen MR) is 146 cm³/mol. The number of aliphatic carboxylic acids is 3. The number of carbonyl (C=O) groups excluding carboxylic acids is 5. The molecule has 0 aliphatic heterocycles. The zero-order valence-corrected chi connectivity index (χ0v) is 23.3. The van der Waals surface area contributed by atoms with Crippen molar-refractivity contribution in [3.05, 3.63) is 35.4 Å². The van der Waals surface area contributed by atoms with Crippen LogP contribution >= 0.6 is 21.6 Å². The van der Waals surface area contributed by atoms with Crippen molar-refractivity contribution >= 4 is 69.9 Å². The number of carbonyl (C=O) groups is 8. The van der Waals surface area contributed by atoms with Crippen LogP contribution < -0.4 is 10.6 Å². The summed E-state index contributed by atoms with van der Waals surface area (Å²) >= 11 is 0. The van der Waals surface area contributed by atoms with Crippen LogP contribution in [0.15, 0.2) is 24.3 Å². The Labute approximate surface area is 242 Å². The summed E-state index contributed by atoms with van der Waals surface area (Å²) in [6.07, 6.45) is -1.76. The average molecular weight is 615 g/mol. The number of nitrogens with one attached hydrogen (secondary N) is 2. The van der Waals surface area contributed by atoms with Gasteiger partial charge in [-0.2, -0.15) is 0 Å². The molecule has 1 rings (SSSR count). The lowest BCUT2D eigenvalue weighted by molar-refractivity contribution is -0.145. The molecule has 2 amide bonds. The van der Waals surface area contributed by atoms with Crippen molar-refractivity contribution in [1.82, 2.24) is 10.6 Å². The minimum absolute atomic E-state index is 0.0930. The van der Waals surface area contributed by atoms with Crippen molar-refractivity contribution in [3.63, 3.8) is 0 Å². The number of benzene rings is 1. The van der Waals surface area contributed by atoms with Gasteiger partial charge in [-0.25, -0.2) is 4.79 Å². The Morgan fingerprint density at radius 1 is 0.829 bits per heavy atom. The van der Waals surface area contributed by atoms with Gasteiger partial charge in [-0.1, -0.05) is 45.9 Å². The van der Waals surface area contributed by atoms with Gasteiger partial charge in [-0.05, 0) is 11.1 Å². The number of hydrogen-bond donors (Lipinski definition) is 5. The molecule has 1 aromatic carbocycles. The molecule has 0 heterocycles. The highest BCUT2D eigenvalue weighted by Gasteiger charge is 2.32. The lowest BCUT2D eigenvalue weighted by atomic mass is 9.93. The summed E-state index contributed by atoms with van der Waals surface area (Å²) in [4.78, 5) is 93.4. The zero-order valence-electron chi connectivity index (χ0n) is 21.7. The van der Waals surface area contributed by atoms with Crippen LogP contribution in [0, 0.1) is 5.92 Å². The number of carboxylic acids is 3. The first-order chi connectivity index (χ1) is 19.5. The Morgan fingerprint density at radius 2 is 1.46 bits per heavy atom. The van der Waals surface area contributed by atoms with Crippen LogP contribution in [0.3, 0.4) is 0 Å². The molecule has 0 fully saturated rings. The normalized spacial score (nSPS) is 12.7. The van der Waals surface area contributed by atoms with E-state index in [4.69, 9.17) is 0 Å². The van der Waals surface area contributed by atoms with Gasteiger partial charge < -0.3 is 35.5 Å². The van der Waals surface area contributed by atoms with E-state index in [1.54, 1.807) is 24.3 Å². The molecule has 0 saturated heterocycles. The molecule has 224 valence electrons. The fourth-order valence-corrected chi connectivity index (χ4v) is 5.36. The van der Waals surface area contributed by atoms with Gasteiger partial charge in [0, 0.05) is 24.3 Å². The Bertz CT molecular complexity index is 1100. The fraction of sp³-hybridized carbons (Fsp3) is 0.440. The minimum Gasteiger partial charge on any atom is -0.481 e. The molecule has 0 aliphatic rings. The van der Waals surface area contributed by atoms with Gasteiger partial charge in [-0.3, -0.25) is 28.8 Å². The summed E-state index contributed by atoms with van der Waals surface area (Å²) in [5, 5.41) is 32.4. The molecule has 0 spiro atoms. The van der Waals surface area contributed by atoms with Crippen LogP contribution in [-0.2, 0) is 55.9 Å². The number of ether oxygens (including phenoxy) is 1. The van der Waals surface area contributed by atoms with Crippen molar-refractivity contribution in [1.29, 1.82) is 0 Å². The lowest BCUT2D eigenvalue weighted by Gasteiger charge is -2.21. The van der Waals surface area contributed by atoms with E-state index in [1.165, 1.54) is 10.8 Å². The van der Waals surface area contributed by atoms with Crippen molar-refractivity contribution in [2.75, 3.05) is 18.1 Å². The van der Waals surface area contributed by atoms with Crippen molar-refractivity contribution in [2.24, 2.45) is 5.92 Å². The Morgan fingerprint density at radius 3 is 2.02 bits per heavy atom. The summed E-state index contributed by atoms with van der Waals surface area (Å²) in [5.41, 5.74) is 1.24. The molecule has 16 heteroatoms. The highest BCUT2D eigenvalue weighted by molar-refractivity contribution is 8.76. The predicted octanol–water partition coefficient (Wildman–Crippen LogP) is 0.104. The van der Waals surface area contributed by atoms with E-state index in [-0.39, 0.29) is 31.7 Å². The van der Waals surface area contributed by atoms with Gasteiger partial charge in [0.25, 0.3) is 6.47 Å². The first-order valence-electron chi connectivity index (χ1n) is 12.1. The van der Waals surface area contributed by atoms with Gasteiger partial charge in [-0.15, -0.1) is 0 Å². The van der Waals surface area contributed by atoms with E-state index < -0.39 is 72.8 Å². The van der Waals surface area contributed by atoms with Crippen LogP contribution in [0.2, 0.25) is 0 Å². The van der Waals surface area contributed by atoms with Crippen LogP contribution in [0.25, 0.3) is 0 Å². The van der Waals surface area contributed by atoms with E-state index in [9.17, 15) is 53.7 Å². The molecule has 0 bridgehead atoms. The summed E-state index contributed by atoms with van der Waals surface area (Å²) < 4.78 is 4.51. The molecule has 0 radical (unpaired) electrons. The lowest BCUT2D eigenvalue weighted by Crippen LogP contribution is -2.48. The van der Waals surface area contributed by atoms with Gasteiger partial charge in [0.15, 0.2) is 5.78 Å². The van der Waals surface area contributed by atoms with Crippen molar-refractivity contribution < 1.29 is 58.4 Å². The standard InChI is InChI=1S/C25H30N2O12S2/c28-6-5-15-1-3-16(4-2-15)9-21(31)26-18(12-23(34)35)20(30)10-17(11-22(32)33)24(36)27-19(25(37)38)13-41-40-8-7-39-14-29/h1-4,6,14,17-19H,5,7-13H2,(H,26,31)(H,27,36)(H,32,33)(H,34,35)(H,37,38)/t17-,18-,19-/m0/s1. The highest BCUT2D eigenvalue weighted by atomic mass is 33.1. The number of ketones is 1. The first-order valence-corrected chi connectivity index (χ1v) is 14.6.